The van der Waals surface area contributed by atoms with Crippen LogP contribution >= 0.6 is 0 Å². The van der Waals surface area contributed by atoms with Crippen LogP contribution in [0, 0.1) is 46.3 Å². The molecule has 3 N–H and O–H groups in total. The van der Waals surface area contributed by atoms with E-state index >= 15 is 0 Å². The highest BCUT2D eigenvalue weighted by Gasteiger charge is 2.57. The van der Waals surface area contributed by atoms with Crippen molar-refractivity contribution < 1.29 is 29.0 Å². The molecule has 0 heterocycles. The zero-order chi connectivity index (χ0) is 39.7. The first-order chi connectivity index (χ1) is 28.2. The molecule has 8 aliphatic rings. The fourth-order valence-electron chi connectivity index (χ4n) is 12.6. The lowest BCUT2D eigenvalue weighted by molar-refractivity contribution is -0.151. The van der Waals surface area contributed by atoms with Gasteiger partial charge in [0.15, 0.2) is 0 Å². The number of ketones is 1. The molecule has 4 aromatic carbocycles. The van der Waals surface area contributed by atoms with Crippen molar-refractivity contribution in [3.05, 3.63) is 120 Å². The summed E-state index contributed by atoms with van der Waals surface area (Å²) >= 11 is 0. The third-order valence-corrected chi connectivity index (χ3v) is 14.3. The number of rotatable bonds is 12. The summed E-state index contributed by atoms with van der Waals surface area (Å²) in [4.78, 5) is 38.9. The van der Waals surface area contributed by atoms with Crippen molar-refractivity contribution in [3.8, 4) is 11.5 Å². The second kappa shape index (κ2) is 19.4. The number of carbonyl (C=O) groups excluding carboxylic acids is 3. The average Bonchev–Trinajstić information content (AvgIpc) is 3.22. The Morgan fingerprint density at radius 3 is 1.36 bits per heavy atom. The predicted octanol–water partition coefficient (Wildman–Crippen LogP) is 11.7. The van der Waals surface area contributed by atoms with Crippen molar-refractivity contribution in [1.82, 2.24) is 0 Å². The molecule has 0 spiro atoms. The van der Waals surface area contributed by atoms with Crippen molar-refractivity contribution in [2.45, 2.75) is 119 Å². The molecule has 0 aromatic heterocycles. The van der Waals surface area contributed by atoms with Gasteiger partial charge in [-0.25, -0.2) is 0 Å². The molecule has 2 amide bonds. The molecular formula is C53H68N2O6. The van der Waals surface area contributed by atoms with Crippen LogP contribution in [0.1, 0.15) is 110 Å². The first-order valence-corrected chi connectivity index (χ1v) is 21.6. The molecule has 61 heavy (non-hydrogen) atoms. The van der Waals surface area contributed by atoms with Crippen LogP contribution in [0.15, 0.2) is 109 Å². The summed E-state index contributed by atoms with van der Waals surface area (Å²) in [6.07, 6.45) is 12.5. The first-order valence-electron chi connectivity index (χ1n) is 21.6. The lowest BCUT2D eigenvalue weighted by Gasteiger charge is -2.57. The van der Waals surface area contributed by atoms with E-state index in [1.54, 1.807) is 12.1 Å². The normalized spacial score (nSPS) is 28.6. The summed E-state index contributed by atoms with van der Waals surface area (Å²) in [7, 11) is 0. The number of amides is 2. The molecular weight excluding hydrogens is 761 g/mol. The Balaban J connectivity index is 0.000000194. The molecule has 8 saturated carbocycles. The molecule has 8 aliphatic carbocycles. The van der Waals surface area contributed by atoms with Crippen molar-refractivity contribution in [2.75, 3.05) is 10.6 Å². The van der Waals surface area contributed by atoms with Gasteiger partial charge in [0, 0.05) is 34.3 Å². The van der Waals surface area contributed by atoms with Crippen LogP contribution in [-0.2, 0) is 27.6 Å². The largest absolute Gasteiger partial charge is 0.489 e. The van der Waals surface area contributed by atoms with Crippen LogP contribution in [0.25, 0.3) is 0 Å². The number of hydrogen-bond acceptors (Lipinski definition) is 6. The Labute approximate surface area is 364 Å². The van der Waals surface area contributed by atoms with Gasteiger partial charge in [-0.3, -0.25) is 14.4 Å². The van der Waals surface area contributed by atoms with E-state index in [1.807, 2.05) is 97.1 Å². The van der Waals surface area contributed by atoms with E-state index in [0.29, 0.717) is 71.6 Å². The van der Waals surface area contributed by atoms with Gasteiger partial charge in [-0.1, -0.05) is 95.1 Å². The highest BCUT2D eigenvalue weighted by atomic mass is 16.5. The van der Waals surface area contributed by atoms with Crippen LogP contribution in [0.3, 0.4) is 0 Å². The van der Waals surface area contributed by atoms with Gasteiger partial charge in [-0.15, -0.1) is 0 Å². The Morgan fingerprint density at radius 1 is 0.541 bits per heavy atom. The molecule has 326 valence electrons. The lowest BCUT2D eigenvalue weighted by Crippen LogP contribution is -2.55. The minimum Gasteiger partial charge on any atom is -0.489 e. The second-order valence-corrected chi connectivity index (χ2v) is 18.8. The Hall–Kier alpha value is -4.95. The Bertz CT molecular complexity index is 2030. The number of benzene rings is 4. The summed E-state index contributed by atoms with van der Waals surface area (Å²) in [5.41, 5.74) is 2.85. The lowest BCUT2D eigenvalue weighted by atomic mass is 9.48. The van der Waals surface area contributed by atoms with Crippen LogP contribution in [0.2, 0.25) is 0 Å². The molecule has 0 radical (unpaired) electrons. The number of Topliss-reactive ketones (excluding diaryl/α,β-unsaturated/α-hetero) is 1. The topological polar surface area (TPSA) is 114 Å². The van der Waals surface area contributed by atoms with Crippen LogP contribution in [0.5, 0.6) is 11.5 Å². The molecule has 1 atom stereocenters. The molecule has 0 aliphatic heterocycles. The van der Waals surface area contributed by atoms with Crippen molar-refractivity contribution in [1.29, 1.82) is 0 Å². The van der Waals surface area contributed by atoms with E-state index in [4.69, 9.17) is 9.47 Å². The molecule has 8 nitrogen and oxygen atoms in total. The molecule has 8 bridgehead atoms. The predicted molar refractivity (Wildman–Crippen MR) is 244 cm³/mol. The number of aliphatic hydroxyl groups is 1. The van der Waals surface area contributed by atoms with Gasteiger partial charge in [-0.2, -0.15) is 0 Å². The SMILES string of the molecule is C.C.C.O=C(Nc1cccc(OCc2ccccc2)c1)C(=O)C12CC3CC(CC(C3)C1)C2.O=C(Nc1cccc(OCc2ccccc2)c1)C(O)C12CC3CC(CC(C3)C1)C2. The maximum absolute atomic E-state index is 13.2. The van der Waals surface area contributed by atoms with Crippen molar-refractivity contribution in [3.63, 3.8) is 0 Å². The van der Waals surface area contributed by atoms with Crippen LogP contribution in [-0.4, -0.2) is 28.8 Å². The summed E-state index contributed by atoms with van der Waals surface area (Å²) in [5, 5.41) is 16.8. The number of aliphatic hydroxyl groups excluding tert-OH is 1. The molecule has 0 saturated heterocycles. The average molecular weight is 829 g/mol. The minimum atomic E-state index is -0.926. The van der Waals surface area contributed by atoms with Crippen LogP contribution < -0.4 is 20.1 Å². The monoisotopic (exact) mass is 829 g/mol. The molecule has 8 fully saturated rings. The van der Waals surface area contributed by atoms with E-state index in [-0.39, 0.29) is 39.4 Å². The van der Waals surface area contributed by atoms with Gasteiger partial charge in [-0.05, 0) is 148 Å². The highest BCUT2D eigenvalue weighted by molar-refractivity contribution is 6.42. The van der Waals surface area contributed by atoms with Gasteiger partial charge in [0.05, 0.1) is 0 Å². The highest BCUT2D eigenvalue weighted by Crippen LogP contribution is 2.62. The summed E-state index contributed by atoms with van der Waals surface area (Å²) in [6.45, 7) is 0.943. The van der Waals surface area contributed by atoms with Gasteiger partial charge in [0.2, 0.25) is 5.78 Å². The van der Waals surface area contributed by atoms with Gasteiger partial charge >= 0.3 is 0 Å². The van der Waals surface area contributed by atoms with Crippen molar-refractivity contribution >= 4 is 29.0 Å². The van der Waals surface area contributed by atoms with E-state index in [9.17, 15) is 19.5 Å². The maximum atomic E-state index is 13.2. The van der Waals surface area contributed by atoms with Gasteiger partial charge in [0.25, 0.3) is 11.8 Å². The number of anilines is 2. The smallest absolute Gasteiger partial charge is 0.292 e. The molecule has 1 unspecified atom stereocenters. The fraction of sp³-hybridized carbons (Fsp3) is 0.491. The molecule has 4 aromatic rings. The van der Waals surface area contributed by atoms with E-state index < -0.39 is 17.4 Å². The Kier molecular flexibility index (Phi) is 14.5. The van der Waals surface area contributed by atoms with E-state index in [0.717, 1.165) is 49.7 Å². The number of carbonyl (C=O) groups is 3. The number of nitrogens with one attached hydrogen (secondary N) is 2. The third kappa shape index (κ3) is 10.2. The fourth-order valence-corrected chi connectivity index (χ4v) is 12.6. The zero-order valence-corrected chi connectivity index (χ0v) is 33.3. The van der Waals surface area contributed by atoms with Crippen molar-refractivity contribution in [2.24, 2.45) is 46.3 Å². The molecule has 12 rings (SSSR count). The number of ether oxygens (including phenoxy) is 2. The first kappa shape index (κ1) is 45.6. The zero-order valence-electron chi connectivity index (χ0n) is 33.3. The Morgan fingerprint density at radius 2 is 0.934 bits per heavy atom. The van der Waals surface area contributed by atoms with Gasteiger partial charge < -0.3 is 25.2 Å². The second-order valence-electron chi connectivity index (χ2n) is 18.8. The number of hydrogen-bond donors (Lipinski definition) is 3. The van der Waals surface area contributed by atoms with E-state index in [1.165, 1.54) is 38.5 Å². The van der Waals surface area contributed by atoms with Crippen LogP contribution in [0.4, 0.5) is 11.4 Å². The minimum absolute atomic E-state index is 0. The quantitative estimate of drug-likeness (QED) is 0.123. The third-order valence-electron chi connectivity index (χ3n) is 14.3. The standard InChI is InChI=1S/C25H29NO3.C25H27NO3.3CH4/c2*27-23(25-13-18-9-19(14-25)11-20(10-18)15-25)24(28)26-21-7-4-8-22(12-21)29-16-17-5-2-1-3-6-17;;;/h1-8,12,18-20,23,27H,9-11,13-16H2,(H,26,28);1-8,12,18-20H,9-11,13-16H2,(H,26,28);3*1H4. The summed E-state index contributed by atoms with van der Waals surface area (Å²) in [6, 6.07) is 34.7. The summed E-state index contributed by atoms with van der Waals surface area (Å²) < 4.78 is 11.7. The maximum Gasteiger partial charge on any atom is 0.292 e. The van der Waals surface area contributed by atoms with Gasteiger partial charge in [0.1, 0.15) is 30.8 Å². The van der Waals surface area contributed by atoms with E-state index in [2.05, 4.69) is 10.6 Å². The molecule has 8 heteroatoms. The summed E-state index contributed by atoms with van der Waals surface area (Å²) in [5.74, 6) is 4.50.